The molecule has 7 atom stereocenters. The van der Waals surface area contributed by atoms with E-state index >= 15 is 0 Å². The summed E-state index contributed by atoms with van der Waals surface area (Å²) in [5, 5.41) is 12.0. The van der Waals surface area contributed by atoms with E-state index in [4.69, 9.17) is 16.3 Å². The lowest BCUT2D eigenvalue weighted by atomic mass is 9.47. The summed E-state index contributed by atoms with van der Waals surface area (Å²) < 4.78 is 6.09. The van der Waals surface area contributed by atoms with E-state index in [1.54, 1.807) is 6.92 Å². The number of carbonyl (C=O) groups excluding carboxylic acids is 1. The molecule has 0 heterocycles. The first kappa shape index (κ1) is 22.6. The third-order valence-corrected chi connectivity index (χ3v) is 10.3. The van der Waals surface area contributed by atoms with Gasteiger partial charge >= 0.3 is 0 Å². The average Bonchev–Trinajstić information content (AvgIpc) is 3.12. The predicted molar refractivity (Wildman–Crippen MR) is 127 cm³/mol. The highest BCUT2D eigenvalue weighted by Gasteiger charge is 2.60. The molecular formula is C28H37ClO3. The van der Waals surface area contributed by atoms with Gasteiger partial charge in [0.25, 0.3) is 0 Å². The Hall–Kier alpha value is -1.16. The molecule has 0 saturated heterocycles. The van der Waals surface area contributed by atoms with Crippen LogP contribution in [-0.4, -0.2) is 16.7 Å². The van der Waals surface area contributed by atoms with E-state index in [0.717, 1.165) is 24.8 Å². The van der Waals surface area contributed by atoms with Gasteiger partial charge in [0.1, 0.15) is 5.78 Å². The second-order valence-corrected chi connectivity index (χ2v) is 12.0. The molecule has 4 heteroatoms. The standard InChI is InChI=1S/C28H37ClO3/c1-18(30)23-10-11-24-22-9-6-20-16-28(31,32-17-19-4-7-21(29)8-5-19)15-14-26(20,2)25(22)12-13-27(23,24)3/h4-8,22-25,31H,9-17H2,1-3H3/t22-,23+,24-,25-,26-,27+,28+/m0/s1. The predicted octanol–water partition coefficient (Wildman–Crippen LogP) is 6.71. The van der Waals surface area contributed by atoms with Gasteiger partial charge in [0.05, 0.1) is 6.61 Å². The van der Waals surface area contributed by atoms with Gasteiger partial charge in [-0.1, -0.05) is 49.2 Å². The molecule has 0 unspecified atom stereocenters. The van der Waals surface area contributed by atoms with Crippen molar-refractivity contribution >= 4 is 17.4 Å². The zero-order valence-corrected chi connectivity index (χ0v) is 20.5. The van der Waals surface area contributed by atoms with E-state index in [1.165, 1.54) is 24.8 Å². The van der Waals surface area contributed by atoms with Crippen LogP contribution in [0, 0.1) is 34.5 Å². The molecule has 3 saturated carbocycles. The summed E-state index contributed by atoms with van der Waals surface area (Å²) >= 11 is 5.99. The van der Waals surface area contributed by atoms with Crippen LogP contribution in [0.15, 0.2) is 35.9 Å². The Labute approximate surface area is 197 Å². The first-order chi connectivity index (χ1) is 15.1. The van der Waals surface area contributed by atoms with Crippen LogP contribution in [0.4, 0.5) is 0 Å². The SMILES string of the molecule is CC(=O)[C@H]1CC[C@H]2[C@@H]3CC=C4C[C@](O)(OCc5ccc(Cl)cc5)CC[C@]4(C)[C@H]3CC[C@]12C. The van der Waals surface area contributed by atoms with Crippen LogP contribution in [0.5, 0.6) is 0 Å². The molecule has 3 nitrogen and oxygen atoms in total. The van der Waals surface area contributed by atoms with Crippen molar-refractivity contribution in [1.29, 1.82) is 0 Å². The quantitative estimate of drug-likeness (QED) is 0.404. The van der Waals surface area contributed by atoms with Crippen LogP contribution in [0.1, 0.15) is 77.7 Å². The van der Waals surface area contributed by atoms with Gasteiger partial charge in [0.2, 0.25) is 0 Å². The van der Waals surface area contributed by atoms with E-state index in [1.807, 2.05) is 24.3 Å². The molecular weight excluding hydrogens is 420 g/mol. The van der Waals surface area contributed by atoms with E-state index in [2.05, 4.69) is 19.9 Å². The number of fused-ring (bicyclic) bond motifs is 5. The van der Waals surface area contributed by atoms with Gasteiger partial charge in [-0.2, -0.15) is 0 Å². The minimum absolute atomic E-state index is 0.147. The molecule has 0 spiro atoms. The molecule has 0 aliphatic heterocycles. The molecule has 1 N–H and O–H groups in total. The van der Waals surface area contributed by atoms with Gasteiger partial charge in [0.15, 0.2) is 5.79 Å². The average molecular weight is 457 g/mol. The number of halogens is 1. The first-order valence-electron chi connectivity index (χ1n) is 12.5. The van der Waals surface area contributed by atoms with E-state index in [9.17, 15) is 9.90 Å². The summed E-state index contributed by atoms with van der Waals surface area (Å²) in [6, 6.07) is 7.64. The van der Waals surface area contributed by atoms with Crippen molar-refractivity contribution in [1.82, 2.24) is 0 Å². The lowest BCUT2D eigenvalue weighted by Crippen LogP contribution is -2.52. The summed E-state index contributed by atoms with van der Waals surface area (Å²) in [5.74, 6) is 1.55. The van der Waals surface area contributed by atoms with Gasteiger partial charge in [-0.15, -0.1) is 0 Å². The zero-order valence-electron chi connectivity index (χ0n) is 19.7. The summed E-state index contributed by atoms with van der Waals surface area (Å²) in [4.78, 5) is 12.3. The second-order valence-electron chi connectivity index (χ2n) is 11.6. The summed E-state index contributed by atoms with van der Waals surface area (Å²) in [6.07, 6.45) is 10.4. The first-order valence-corrected chi connectivity index (χ1v) is 12.8. The van der Waals surface area contributed by atoms with Crippen molar-refractivity contribution in [3.63, 3.8) is 0 Å². The smallest absolute Gasteiger partial charge is 0.169 e. The van der Waals surface area contributed by atoms with Crippen molar-refractivity contribution < 1.29 is 14.6 Å². The van der Waals surface area contributed by atoms with Crippen LogP contribution in [0.3, 0.4) is 0 Å². The van der Waals surface area contributed by atoms with Gasteiger partial charge in [-0.05, 0) is 91.7 Å². The van der Waals surface area contributed by atoms with Crippen molar-refractivity contribution in [3.8, 4) is 0 Å². The Kier molecular flexibility index (Phi) is 5.63. The lowest BCUT2D eigenvalue weighted by Gasteiger charge is -2.58. The highest BCUT2D eigenvalue weighted by molar-refractivity contribution is 6.30. The monoisotopic (exact) mass is 456 g/mol. The van der Waals surface area contributed by atoms with Crippen LogP contribution >= 0.6 is 11.6 Å². The molecule has 5 rings (SSSR count). The Morgan fingerprint density at radius 1 is 1.09 bits per heavy atom. The molecule has 4 aliphatic carbocycles. The van der Waals surface area contributed by atoms with Crippen LogP contribution in [0.2, 0.25) is 5.02 Å². The number of hydrogen-bond acceptors (Lipinski definition) is 3. The molecule has 3 fully saturated rings. The summed E-state index contributed by atoms with van der Waals surface area (Å²) in [5.41, 5.74) is 2.76. The largest absolute Gasteiger partial charge is 0.365 e. The minimum atomic E-state index is -1.09. The maximum Gasteiger partial charge on any atom is 0.169 e. The molecule has 1 aromatic carbocycles. The molecule has 0 amide bonds. The van der Waals surface area contributed by atoms with Crippen LogP contribution in [-0.2, 0) is 16.1 Å². The van der Waals surface area contributed by atoms with Crippen LogP contribution < -0.4 is 0 Å². The molecule has 174 valence electrons. The fourth-order valence-corrected chi connectivity index (χ4v) is 8.33. The summed E-state index contributed by atoms with van der Waals surface area (Å²) in [7, 11) is 0. The third kappa shape index (κ3) is 3.60. The van der Waals surface area contributed by atoms with Gasteiger partial charge in [0, 0.05) is 23.8 Å². The van der Waals surface area contributed by atoms with E-state index in [-0.39, 0.29) is 16.7 Å². The lowest BCUT2D eigenvalue weighted by molar-refractivity contribution is -0.231. The minimum Gasteiger partial charge on any atom is -0.365 e. The number of ketones is 1. The Bertz CT molecular complexity index is 923. The number of carbonyl (C=O) groups is 1. The Balaban J connectivity index is 1.32. The van der Waals surface area contributed by atoms with E-state index < -0.39 is 5.79 Å². The van der Waals surface area contributed by atoms with Crippen LogP contribution in [0.25, 0.3) is 0 Å². The molecule has 4 aliphatic rings. The van der Waals surface area contributed by atoms with Gasteiger partial charge in [-0.25, -0.2) is 0 Å². The van der Waals surface area contributed by atoms with E-state index in [0.29, 0.717) is 48.0 Å². The molecule has 0 radical (unpaired) electrons. The second kappa shape index (κ2) is 7.96. The zero-order chi connectivity index (χ0) is 22.7. The number of hydrogen-bond donors (Lipinski definition) is 1. The number of aliphatic hydroxyl groups is 1. The number of rotatable bonds is 4. The molecule has 1 aromatic rings. The van der Waals surface area contributed by atoms with Crippen molar-refractivity contribution in [2.24, 2.45) is 34.5 Å². The maximum atomic E-state index is 12.3. The number of Topliss-reactive ketones (excluding diaryl/α,β-unsaturated/α-hetero) is 1. The molecule has 32 heavy (non-hydrogen) atoms. The van der Waals surface area contributed by atoms with Gasteiger partial charge < -0.3 is 9.84 Å². The van der Waals surface area contributed by atoms with Crippen molar-refractivity contribution in [3.05, 3.63) is 46.5 Å². The Morgan fingerprint density at radius 3 is 2.56 bits per heavy atom. The van der Waals surface area contributed by atoms with Crippen molar-refractivity contribution in [2.75, 3.05) is 0 Å². The number of benzene rings is 1. The molecule has 0 aromatic heterocycles. The normalized spacial score (nSPS) is 43.1. The van der Waals surface area contributed by atoms with Crippen molar-refractivity contribution in [2.45, 2.75) is 84.5 Å². The highest BCUT2D eigenvalue weighted by Crippen LogP contribution is 2.66. The Morgan fingerprint density at radius 2 is 1.84 bits per heavy atom. The van der Waals surface area contributed by atoms with Gasteiger partial charge in [-0.3, -0.25) is 4.79 Å². The highest BCUT2D eigenvalue weighted by atomic mass is 35.5. The fourth-order valence-electron chi connectivity index (χ4n) is 8.21. The fraction of sp³-hybridized carbons (Fsp3) is 0.679. The topological polar surface area (TPSA) is 46.5 Å². The maximum absolute atomic E-state index is 12.3. The summed E-state index contributed by atoms with van der Waals surface area (Å²) in [6.45, 7) is 7.04. The number of allylic oxidation sites excluding steroid dienone is 1. The molecule has 0 bridgehead atoms. The number of ether oxygens (including phenoxy) is 1. The third-order valence-electron chi connectivity index (χ3n) is 10.0.